The molecule has 1 aromatic heterocycles. The fourth-order valence-corrected chi connectivity index (χ4v) is 1.93. The Bertz CT molecular complexity index is 874. The number of rotatable bonds is 4. The Hall–Kier alpha value is -3.53. The molecule has 1 heterocycles. The molecule has 0 aliphatic heterocycles. The van der Waals surface area contributed by atoms with Gasteiger partial charge in [0.15, 0.2) is 5.82 Å². The zero-order valence-corrected chi connectivity index (χ0v) is 11.9. The van der Waals surface area contributed by atoms with E-state index in [1.54, 1.807) is 42.5 Å². The number of hydrogen-bond acceptors (Lipinski definition) is 6. The Morgan fingerprint density at radius 2 is 1.70 bits per heavy atom. The summed E-state index contributed by atoms with van der Waals surface area (Å²) in [4.78, 5) is 4.21. The van der Waals surface area contributed by atoms with Crippen molar-refractivity contribution in [2.75, 3.05) is 10.6 Å². The molecule has 6 nitrogen and oxygen atoms in total. The van der Waals surface area contributed by atoms with Gasteiger partial charge < -0.3 is 10.6 Å². The summed E-state index contributed by atoms with van der Waals surface area (Å²) in [5.74, 6) is 0.125. The van der Waals surface area contributed by atoms with Gasteiger partial charge in [-0.3, -0.25) is 0 Å². The largest absolute Gasteiger partial charge is 0.338 e. The third-order valence-electron chi connectivity index (χ3n) is 2.99. The molecule has 0 bridgehead atoms. The Morgan fingerprint density at radius 1 is 0.957 bits per heavy atom. The van der Waals surface area contributed by atoms with Gasteiger partial charge in [-0.15, -0.1) is 5.10 Å². The van der Waals surface area contributed by atoms with E-state index in [0.29, 0.717) is 17.1 Å². The zero-order valence-electron chi connectivity index (χ0n) is 11.9. The second-order valence-electron chi connectivity index (χ2n) is 4.55. The van der Waals surface area contributed by atoms with E-state index in [0.717, 1.165) is 0 Å². The van der Waals surface area contributed by atoms with Crippen LogP contribution in [-0.4, -0.2) is 15.2 Å². The molecule has 2 aromatic carbocycles. The molecule has 0 aliphatic carbocycles. The van der Waals surface area contributed by atoms with Crippen LogP contribution in [0, 0.1) is 17.1 Å². The standard InChI is InChI=1S/C16H11FN6/c17-12-6-2-4-8-14(12)21-16-22-15(10-19-23-16)20-13-7-3-1-5-11(13)9-18/h1-8,10H,(H2,20,21,22,23). The van der Waals surface area contributed by atoms with Gasteiger partial charge in [0.2, 0.25) is 5.95 Å². The van der Waals surface area contributed by atoms with Crippen molar-refractivity contribution < 1.29 is 4.39 Å². The summed E-state index contributed by atoms with van der Waals surface area (Å²) in [7, 11) is 0. The van der Waals surface area contributed by atoms with Crippen molar-refractivity contribution in [2.45, 2.75) is 0 Å². The lowest BCUT2D eigenvalue weighted by molar-refractivity contribution is 0.631. The van der Waals surface area contributed by atoms with E-state index < -0.39 is 5.82 Å². The van der Waals surface area contributed by atoms with Crippen LogP contribution in [0.4, 0.5) is 27.5 Å². The minimum absolute atomic E-state index is 0.148. The molecule has 3 rings (SSSR count). The molecule has 0 spiro atoms. The number of nitriles is 1. The minimum atomic E-state index is -0.413. The average molecular weight is 306 g/mol. The van der Waals surface area contributed by atoms with Crippen molar-refractivity contribution in [1.29, 1.82) is 5.26 Å². The summed E-state index contributed by atoms with van der Waals surface area (Å²) < 4.78 is 13.6. The highest BCUT2D eigenvalue weighted by Crippen LogP contribution is 2.20. The van der Waals surface area contributed by atoms with Crippen LogP contribution in [0.25, 0.3) is 0 Å². The number of anilines is 4. The van der Waals surface area contributed by atoms with Crippen LogP contribution in [0.2, 0.25) is 0 Å². The van der Waals surface area contributed by atoms with Gasteiger partial charge in [0.05, 0.1) is 23.1 Å². The monoisotopic (exact) mass is 306 g/mol. The topological polar surface area (TPSA) is 86.5 Å². The SMILES string of the molecule is N#Cc1ccccc1Nc1cnnc(Nc2ccccc2F)n1. The fourth-order valence-electron chi connectivity index (χ4n) is 1.93. The predicted octanol–water partition coefficient (Wildman–Crippen LogP) is 3.37. The molecular weight excluding hydrogens is 295 g/mol. The van der Waals surface area contributed by atoms with E-state index in [-0.39, 0.29) is 11.6 Å². The molecule has 0 unspecified atom stereocenters. The van der Waals surface area contributed by atoms with Crippen LogP contribution in [0.5, 0.6) is 0 Å². The van der Waals surface area contributed by atoms with Crippen LogP contribution in [0.1, 0.15) is 5.56 Å². The van der Waals surface area contributed by atoms with Crippen LogP contribution in [0.3, 0.4) is 0 Å². The van der Waals surface area contributed by atoms with Crippen molar-refractivity contribution in [1.82, 2.24) is 15.2 Å². The molecule has 7 heteroatoms. The quantitative estimate of drug-likeness (QED) is 0.768. The van der Waals surface area contributed by atoms with Crippen LogP contribution >= 0.6 is 0 Å². The second kappa shape index (κ2) is 6.49. The van der Waals surface area contributed by atoms with E-state index in [9.17, 15) is 4.39 Å². The molecular formula is C16H11FN6. The van der Waals surface area contributed by atoms with Crippen molar-refractivity contribution in [3.63, 3.8) is 0 Å². The van der Waals surface area contributed by atoms with E-state index in [1.165, 1.54) is 12.3 Å². The number of aromatic nitrogens is 3. The average Bonchev–Trinajstić information content (AvgIpc) is 2.58. The number of para-hydroxylation sites is 2. The van der Waals surface area contributed by atoms with Gasteiger partial charge in [-0.25, -0.2) is 4.39 Å². The third-order valence-corrected chi connectivity index (χ3v) is 2.99. The third kappa shape index (κ3) is 3.39. The summed E-state index contributed by atoms with van der Waals surface area (Å²) >= 11 is 0. The first kappa shape index (κ1) is 14.4. The Morgan fingerprint density at radius 3 is 2.48 bits per heavy atom. The minimum Gasteiger partial charge on any atom is -0.338 e. The first-order valence-electron chi connectivity index (χ1n) is 6.73. The van der Waals surface area contributed by atoms with Gasteiger partial charge >= 0.3 is 0 Å². The van der Waals surface area contributed by atoms with Crippen molar-refractivity contribution in [3.8, 4) is 6.07 Å². The fraction of sp³-hybridized carbons (Fsp3) is 0. The van der Waals surface area contributed by atoms with Crippen LogP contribution in [0.15, 0.2) is 54.7 Å². The van der Waals surface area contributed by atoms with Gasteiger partial charge in [-0.2, -0.15) is 15.3 Å². The molecule has 0 radical (unpaired) electrons. The van der Waals surface area contributed by atoms with Crippen LogP contribution < -0.4 is 10.6 Å². The zero-order chi connectivity index (χ0) is 16.1. The Balaban J connectivity index is 1.83. The Labute approximate surface area is 131 Å². The number of nitrogens with one attached hydrogen (secondary N) is 2. The predicted molar refractivity (Wildman–Crippen MR) is 83.9 cm³/mol. The number of hydrogen-bond donors (Lipinski definition) is 2. The normalized spacial score (nSPS) is 9.91. The van der Waals surface area contributed by atoms with Crippen LogP contribution in [-0.2, 0) is 0 Å². The maximum Gasteiger partial charge on any atom is 0.249 e. The Kier molecular flexibility index (Phi) is 4.07. The van der Waals surface area contributed by atoms with E-state index in [1.807, 2.05) is 0 Å². The highest BCUT2D eigenvalue weighted by molar-refractivity contribution is 5.64. The maximum atomic E-state index is 13.6. The molecule has 0 saturated heterocycles. The molecule has 0 atom stereocenters. The molecule has 112 valence electrons. The van der Waals surface area contributed by atoms with E-state index in [4.69, 9.17) is 5.26 Å². The number of halogens is 1. The first-order valence-corrected chi connectivity index (χ1v) is 6.73. The van der Waals surface area contributed by atoms with Gasteiger partial charge in [-0.1, -0.05) is 24.3 Å². The smallest absolute Gasteiger partial charge is 0.249 e. The lowest BCUT2D eigenvalue weighted by Crippen LogP contribution is -2.04. The van der Waals surface area contributed by atoms with E-state index >= 15 is 0 Å². The van der Waals surface area contributed by atoms with Gasteiger partial charge in [0.25, 0.3) is 0 Å². The lowest BCUT2D eigenvalue weighted by Gasteiger charge is -2.09. The van der Waals surface area contributed by atoms with E-state index in [2.05, 4.69) is 31.9 Å². The highest BCUT2D eigenvalue weighted by Gasteiger charge is 2.06. The summed E-state index contributed by atoms with van der Waals surface area (Å²) in [6.07, 6.45) is 1.42. The molecule has 0 aliphatic rings. The summed E-state index contributed by atoms with van der Waals surface area (Å²) in [5, 5.41) is 22.5. The molecule has 0 amide bonds. The highest BCUT2D eigenvalue weighted by atomic mass is 19.1. The van der Waals surface area contributed by atoms with Gasteiger partial charge in [-0.05, 0) is 24.3 Å². The molecule has 0 fully saturated rings. The summed E-state index contributed by atoms with van der Waals surface area (Å²) in [5.41, 5.74) is 1.34. The number of nitrogens with zero attached hydrogens (tertiary/aromatic N) is 4. The first-order chi connectivity index (χ1) is 11.3. The van der Waals surface area contributed by atoms with Gasteiger partial charge in [0.1, 0.15) is 11.9 Å². The molecule has 23 heavy (non-hydrogen) atoms. The maximum absolute atomic E-state index is 13.6. The van der Waals surface area contributed by atoms with Crippen molar-refractivity contribution in [3.05, 3.63) is 66.1 Å². The molecule has 3 aromatic rings. The summed E-state index contributed by atoms with van der Waals surface area (Å²) in [6, 6.07) is 15.3. The summed E-state index contributed by atoms with van der Waals surface area (Å²) in [6.45, 7) is 0. The van der Waals surface area contributed by atoms with Crippen molar-refractivity contribution >= 4 is 23.1 Å². The lowest BCUT2D eigenvalue weighted by atomic mass is 10.2. The number of benzene rings is 2. The molecule has 0 saturated carbocycles. The molecule has 2 N–H and O–H groups in total. The van der Waals surface area contributed by atoms with Crippen molar-refractivity contribution in [2.24, 2.45) is 0 Å². The van der Waals surface area contributed by atoms with Gasteiger partial charge in [0, 0.05) is 0 Å². The second-order valence-corrected chi connectivity index (χ2v) is 4.55.